The molecule has 7 nitrogen and oxygen atoms in total. The number of terminal acetylenes is 1. The fourth-order valence-electron chi connectivity index (χ4n) is 6.98. The van der Waals surface area contributed by atoms with E-state index in [-0.39, 0.29) is 46.1 Å². The zero-order chi connectivity index (χ0) is 29.9. The van der Waals surface area contributed by atoms with E-state index in [2.05, 4.69) is 41.6 Å². The van der Waals surface area contributed by atoms with Crippen molar-refractivity contribution in [2.24, 2.45) is 0 Å². The Morgan fingerprint density at radius 3 is 2.77 bits per heavy atom. The lowest BCUT2D eigenvalue weighted by Gasteiger charge is -2.32. The molecule has 5 heterocycles. The second-order valence-corrected chi connectivity index (χ2v) is 13.0. The lowest BCUT2D eigenvalue weighted by molar-refractivity contribution is 0.107. The molecule has 0 amide bonds. The van der Waals surface area contributed by atoms with Crippen molar-refractivity contribution in [2.75, 3.05) is 37.7 Å². The number of hydrogen-bond donors (Lipinski definition) is 1. The van der Waals surface area contributed by atoms with Gasteiger partial charge in [-0.05, 0) is 55.8 Å². The van der Waals surface area contributed by atoms with Gasteiger partial charge in [-0.15, -0.1) is 6.42 Å². The summed E-state index contributed by atoms with van der Waals surface area (Å²) in [5.41, 5.74) is -0.491. The van der Waals surface area contributed by atoms with Gasteiger partial charge in [0.15, 0.2) is 5.82 Å². The minimum absolute atomic E-state index is 0.000765. The third-order valence-corrected chi connectivity index (χ3v) is 9.97. The Balaban J connectivity index is 1.37. The number of fused-ring (bicyclic) bond motifs is 3. The van der Waals surface area contributed by atoms with Gasteiger partial charge < -0.3 is 14.7 Å². The summed E-state index contributed by atoms with van der Waals surface area (Å²) in [6.07, 6.45) is 10.1. The molecule has 2 aromatic carbocycles. The number of anilines is 1. The van der Waals surface area contributed by atoms with Gasteiger partial charge in [0.25, 0.3) is 0 Å². The molecule has 0 spiro atoms. The molecule has 2 aromatic heterocycles. The van der Waals surface area contributed by atoms with Crippen LogP contribution in [-0.4, -0.2) is 74.3 Å². The summed E-state index contributed by atoms with van der Waals surface area (Å²) in [4.78, 5) is 18.3. The van der Waals surface area contributed by atoms with Gasteiger partial charge >= 0.3 is 6.01 Å². The van der Waals surface area contributed by atoms with Gasteiger partial charge in [0.1, 0.15) is 41.4 Å². The minimum Gasteiger partial charge on any atom is -0.508 e. The average molecular weight is 653 g/mol. The Labute approximate surface area is 255 Å². The predicted molar refractivity (Wildman–Crippen MR) is 162 cm³/mol. The molecule has 4 aromatic rings. The van der Waals surface area contributed by atoms with Crippen LogP contribution in [0.25, 0.3) is 32.9 Å². The molecule has 11 heteroatoms. The topological polar surface area (TPSA) is 74.6 Å². The number of rotatable bonds is 5. The summed E-state index contributed by atoms with van der Waals surface area (Å²) in [5.74, 6) is 1.31. The third kappa shape index (κ3) is 4.85. The Hall–Kier alpha value is -3.62. The highest BCUT2D eigenvalue weighted by Crippen LogP contribution is 2.42. The van der Waals surface area contributed by atoms with Crippen LogP contribution < -0.4 is 9.64 Å². The number of aromatic nitrogens is 3. The molecule has 1 N–H and O–H groups in total. The molecular formula is C32H29BrF3N5O2. The molecule has 3 aliphatic heterocycles. The maximum absolute atomic E-state index is 16.6. The zero-order valence-corrected chi connectivity index (χ0v) is 24.9. The highest BCUT2D eigenvalue weighted by atomic mass is 79.9. The maximum atomic E-state index is 16.6. The molecule has 3 saturated heterocycles. The molecule has 0 saturated carbocycles. The summed E-state index contributed by atoms with van der Waals surface area (Å²) in [7, 11) is 0. The van der Waals surface area contributed by atoms with E-state index in [1.807, 2.05) is 0 Å². The molecule has 0 bridgehead atoms. The fraction of sp³-hybridized carbons (Fsp3) is 0.406. The van der Waals surface area contributed by atoms with Gasteiger partial charge in [-0.3, -0.25) is 9.88 Å². The summed E-state index contributed by atoms with van der Waals surface area (Å²) >= 11 is 3.68. The number of benzene rings is 2. The SMILES string of the molecule is C#Cc1c(F)ccc2cc(O)cc(-c3ncc4c(N5CCC(Br)CC5)nc(OCC56CCCN5CC(F)C6)nc4c3F)c12. The molecule has 3 aliphatic rings. The van der Waals surface area contributed by atoms with Crippen molar-refractivity contribution in [1.29, 1.82) is 0 Å². The van der Waals surface area contributed by atoms with Crippen molar-refractivity contribution in [1.82, 2.24) is 19.9 Å². The molecule has 3 fully saturated rings. The molecule has 0 radical (unpaired) electrons. The van der Waals surface area contributed by atoms with Crippen LogP contribution >= 0.6 is 15.9 Å². The predicted octanol–water partition coefficient (Wildman–Crippen LogP) is 6.13. The normalized spacial score (nSPS) is 22.8. The van der Waals surface area contributed by atoms with E-state index < -0.39 is 23.3 Å². The van der Waals surface area contributed by atoms with E-state index in [1.165, 1.54) is 30.5 Å². The molecule has 7 rings (SSSR count). The standard InChI is InChI=1S/C32H29BrF3N5O2/c1-2-22-25(35)5-4-18-12-21(42)13-23(26(18)22)28-27(36)29-24(15-37-28)30(40-10-6-19(33)7-11-40)39-31(38-29)43-17-32-8-3-9-41(32)16-20(34)14-32/h1,4-5,12-13,15,19-20,42H,3,6-11,14,16-17H2. The van der Waals surface area contributed by atoms with Crippen molar-refractivity contribution in [3.8, 4) is 35.4 Å². The van der Waals surface area contributed by atoms with Crippen LogP contribution in [0.3, 0.4) is 0 Å². The van der Waals surface area contributed by atoms with Gasteiger partial charge in [0, 0.05) is 48.0 Å². The Morgan fingerprint density at radius 2 is 1.98 bits per heavy atom. The van der Waals surface area contributed by atoms with E-state index in [4.69, 9.17) is 16.1 Å². The minimum atomic E-state index is -0.913. The number of phenols is 1. The summed E-state index contributed by atoms with van der Waals surface area (Å²) in [6, 6.07) is 5.45. The summed E-state index contributed by atoms with van der Waals surface area (Å²) < 4.78 is 51.9. The van der Waals surface area contributed by atoms with Crippen molar-refractivity contribution in [3.63, 3.8) is 0 Å². The summed E-state index contributed by atoms with van der Waals surface area (Å²) in [6.45, 7) is 2.78. The number of nitrogens with zero attached hydrogens (tertiary/aromatic N) is 5. The van der Waals surface area contributed by atoms with E-state index in [0.29, 0.717) is 47.5 Å². The van der Waals surface area contributed by atoms with Crippen LogP contribution in [0, 0.1) is 24.0 Å². The fourth-order valence-corrected chi connectivity index (χ4v) is 7.38. The monoisotopic (exact) mass is 651 g/mol. The Bertz CT molecular complexity index is 1790. The number of aromatic hydroxyl groups is 1. The first-order chi connectivity index (χ1) is 20.8. The number of pyridine rings is 1. The van der Waals surface area contributed by atoms with Gasteiger partial charge in [-0.1, -0.05) is 27.9 Å². The van der Waals surface area contributed by atoms with Crippen LogP contribution in [0.5, 0.6) is 11.8 Å². The zero-order valence-electron chi connectivity index (χ0n) is 23.3. The molecule has 0 aliphatic carbocycles. The smallest absolute Gasteiger partial charge is 0.319 e. The number of ether oxygens (including phenoxy) is 1. The van der Waals surface area contributed by atoms with Gasteiger partial charge in [-0.2, -0.15) is 9.97 Å². The maximum Gasteiger partial charge on any atom is 0.319 e. The molecular weight excluding hydrogens is 623 g/mol. The molecule has 2 atom stereocenters. The van der Waals surface area contributed by atoms with Crippen LogP contribution in [-0.2, 0) is 0 Å². The first kappa shape index (κ1) is 28.2. The number of phenolic OH excluding ortho intramolecular Hbond substituents is 1. The molecule has 2 unspecified atom stereocenters. The number of halogens is 4. The lowest BCUT2D eigenvalue weighted by Crippen LogP contribution is -2.43. The number of alkyl halides is 2. The van der Waals surface area contributed by atoms with E-state index >= 15 is 4.39 Å². The quantitative estimate of drug-likeness (QED) is 0.206. The first-order valence-corrected chi connectivity index (χ1v) is 15.4. The van der Waals surface area contributed by atoms with E-state index in [9.17, 15) is 13.9 Å². The van der Waals surface area contributed by atoms with Crippen molar-refractivity contribution in [2.45, 2.75) is 48.6 Å². The highest BCUT2D eigenvalue weighted by molar-refractivity contribution is 9.09. The molecule has 43 heavy (non-hydrogen) atoms. The number of piperidine rings is 1. The van der Waals surface area contributed by atoms with Crippen molar-refractivity contribution >= 4 is 43.4 Å². The van der Waals surface area contributed by atoms with Crippen molar-refractivity contribution in [3.05, 3.63) is 47.7 Å². The van der Waals surface area contributed by atoms with Gasteiger partial charge in [0.2, 0.25) is 0 Å². The van der Waals surface area contributed by atoms with Crippen LogP contribution in [0.4, 0.5) is 19.0 Å². The second kappa shape index (κ2) is 10.8. The van der Waals surface area contributed by atoms with Gasteiger partial charge in [-0.25, -0.2) is 13.2 Å². The van der Waals surface area contributed by atoms with Gasteiger partial charge in [0.05, 0.1) is 16.5 Å². The van der Waals surface area contributed by atoms with Crippen LogP contribution in [0.1, 0.15) is 37.7 Å². The second-order valence-electron chi connectivity index (χ2n) is 11.7. The van der Waals surface area contributed by atoms with E-state index in [0.717, 1.165) is 32.2 Å². The van der Waals surface area contributed by atoms with E-state index in [1.54, 1.807) is 0 Å². The first-order valence-electron chi connectivity index (χ1n) is 14.5. The largest absolute Gasteiger partial charge is 0.508 e. The average Bonchev–Trinajstić information content (AvgIpc) is 3.52. The highest BCUT2D eigenvalue weighted by Gasteiger charge is 2.49. The molecule has 222 valence electrons. The summed E-state index contributed by atoms with van der Waals surface area (Å²) in [5, 5.41) is 11.6. The lowest BCUT2D eigenvalue weighted by atomic mass is 9.95. The van der Waals surface area contributed by atoms with Crippen LogP contribution in [0.15, 0.2) is 30.5 Å². The third-order valence-electron chi connectivity index (χ3n) is 9.05. The van der Waals surface area contributed by atoms with Crippen molar-refractivity contribution < 1.29 is 23.0 Å². The number of hydrogen-bond acceptors (Lipinski definition) is 7. The Kier molecular flexibility index (Phi) is 7.09. The van der Waals surface area contributed by atoms with Crippen LogP contribution in [0.2, 0.25) is 0 Å². The Morgan fingerprint density at radius 1 is 1.16 bits per heavy atom.